The predicted molar refractivity (Wildman–Crippen MR) is 80.9 cm³/mol. The summed E-state index contributed by atoms with van der Waals surface area (Å²) >= 11 is 0. The van der Waals surface area contributed by atoms with E-state index in [2.05, 4.69) is 11.8 Å². The summed E-state index contributed by atoms with van der Waals surface area (Å²) < 4.78 is 0. The molecule has 1 aliphatic carbocycles. The summed E-state index contributed by atoms with van der Waals surface area (Å²) in [5.41, 5.74) is 5.66. The summed E-state index contributed by atoms with van der Waals surface area (Å²) in [5.74, 6) is 0. The van der Waals surface area contributed by atoms with Gasteiger partial charge < -0.3 is 10.6 Å². The molecule has 0 spiro atoms. The van der Waals surface area contributed by atoms with Crippen LogP contribution >= 0.6 is 0 Å². The highest BCUT2D eigenvalue weighted by atomic mass is 15.2. The van der Waals surface area contributed by atoms with E-state index >= 15 is 0 Å². The molecule has 0 aromatic carbocycles. The number of hydrogen-bond acceptors (Lipinski definition) is 2. The number of unbranched alkanes of at least 4 members (excludes halogenated alkanes) is 5. The van der Waals surface area contributed by atoms with Crippen molar-refractivity contribution < 1.29 is 0 Å². The molecule has 0 saturated heterocycles. The van der Waals surface area contributed by atoms with Gasteiger partial charge in [0.2, 0.25) is 0 Å². The summed E-state index contributed by atoms with van der Waals surface area (Å²) in [6.45, 7) is 5.68. The molecule has 2 nitrogen and oxygen atoms in total. The largest absolute Gasteiger partial charge is 0.330 e. The molecule has 0 aromatic heterocycles. The fourth-order valence-corrected chi connectivity index (χ4v) is 3.14. The number of hydrogen-bond donors (Lipinski definition) is 1. The van der Waals surface area contributed by atoms with E-state index in [9.17, 15) is 0 Å². The first-order valence-electron chi connectivity index (χ1n) is 8.32. The van der Waals surface area contributed by atoms with Gasteiger partial charge >= 0.3 is 0 Å². The summed E-state index contributed by atoms with van der Waals surface area (Å²) in [4.78, 5) is 2.74. The summed E-state index contributed by atoms with van der Waals surface area (Å²) in [7, 11) is 0. The van der Waals surface area contributed by atoms with Crippen molar-refractivity contribution in [1.29, 1.82) is 0 Å². The zero-order valence-electron chi connectivity index (χ0n) is 12.5. The number of rotatable bonds is 11. The molecule has 18 heavy (non-hydrogen) atoms. The van der Waals surface area contributed by atoms with E-state index in [1.54, 1.807) is 0 Å². The van der Waals surface area contributed by atoms with E-state index in [0.717, 1.165) is 12.6 Å². The molecule has 0 heterocycles. The molecule has 108 valence electrons. The monoisotopic (exact) mass is 254 g/mol. The predicted octanol–water partition coefficient (Wildman–Crippen LogP) is 3.94. The quantitative estimate of drug-likeness (QED) is 0.566. The van der Waals surface area contributed by atoms with E-state index in [0.29, 0.717) is 0 Å². The molecule has 0 bridgehead atoms. The van der Waals surface area contributed by atoms with Gasteiger partial charge in [0.05, 0.1) is 0 Å². The lowest BCUT2D eigenvalue weighted by Gasteiger charge is -2.28. The minimum atomic E-state index is 0.847. The topological polar surface area (TPSA) is 29.3 Å². The van der Waals surface area contributed by atoms with Crippen molar-refractivity contribution in [3.63, 3.8) is 0 Å². The Kier molecular flexibility index (Phi) is 9.59. The highest BCUT2D eigenvalue weighted by molar-refractivity contribution is 4.77. The smallest absolute Gasteiger partial charge is 0.00952 e. The van der Waals surface area contributed by atoms with Gasteiger partial charge in [0, 0.05) is 6.04 Å². The summed E-state index contributed by atoms with van der Waals surface area (Å²) in [6, 6.07) is 0.882. The second-order valence-corrected chi connectivity index (χ2v) is 5.88. The Labute approximate surface area is 114 Å². The highest BCUT2D eigenvalue weighted by Gasteiger charge is 2.21. The Balaban J connectivity index is 2.11. The molecule has 1 rings (SSSR count). The van der Waals surface area contributed by atoms with Gasteiger partial charge in [0.1, 0.15) is 0 Å². The Morgan fingerprint density at radius 1 is 0.889 bits per heavy atom. The van der Waals surface area contributed by atoms with Crippen LogP contribution in [0.5, 0.6) is 0 Å². The molecule has 2 N–H and O–H groups in total. The van der Waals surface area contributed by atoms with Crippen molar-refractivity contribution in [3.8, 4) is 0 Å². The molecule has 0 unspecified atom stereocenters. The van der Waals surface area contributed by atoms with Crippen LogP contribution in [0.25, 0.3) is 0 Å². The third-order valence-electron chi connectivity index (χ3n) is 4.29. The second-order valence-electron chi connectivity index (χ2n) is 5.88. The fraction of sp³-hybridized carbons (Fsp3) is 1.00. The van der Waals surface area contributed by atoms with Crippen LogP contribution in [-0.4, -0.2) is 30.6 Å². The lowest BCUT2D eigenvalue weighted by molar-refractivity contribution is 0.193. The standard InChI is InChI=1S/C16H34N2/c1-2-3-4-5-6-9-14-18(15-10-13-17)16-11-7-8-12-16/h16H,2-15,17H2,1H3. The Morgan fingerprint density at radius 2 is 1.50 bits per heavy atom. The zero-order valence-corrected chi connectivity index (χ0v) is 12.5. The van der Waals surface area contributed by atoms with Crippen LogP contribution in [0.3, 0.4) is 0 Å². The van der Waals surface area contributed by atoms with Gasteiger partial charge in [-0.15, -0.1) is 0 Å². The molecule has 0 atom stereocenters. The Morgan fingerprint density at radius 3 is 2.17 bits per heavy atom. The zero-order chi connectivity index (χ0) is 13.1. The Hall–Kier alpha value is -0.0800. The molecule has 0 aromatic rings. The van der Waals surface area contributed by atoms with E-state index in [1.807, 2.05) is 0 Å². The van der Waals surface area contributed by atoms with Gasteiger partial charge in [-0.2, -0.15) is 0 Å². The summed E-state index contributed by atoms with van der Waals surface area (Å²) in [6.07, 6.45) is 15.4. The van der Waals surface area contributed by atoms with Crippen molar-refractivity contribution in [3.05, 3.63) is 0 Å². The fourth-order valence-electron chi connectivity index (χ4n) is 3.14. The molecule has 0 radical (unpaired) electrons. The van der Waals surface area contributed by atoms with E-state index in [4.69, 9.17) is 5.73 Å². The Bertz CT molecular complexity index is 176. The second kappa shape index (κ2) is 10.8. The lowest BCUT2D eigenvalue weighted by Crippen LogP contribution is -2.35. The van der Waals surface area contributed by atoms with E-state index in [-0.39, 0.29) is 0 Å². The molecule has 1 fully saturated rings. The minimum Gasteiger partial charge on any atom is -0.330 e. The van der Waals surface area contributed by atoms with Crippen LogP contribution in [0.15, 0.2) is 0 Å². The SMILES string of the molecule is CCCCCCCCN(CCCN)C1CCCC1. The van der Waals surface area contributed by atoms with Crippen LogP contribution < -0.4 is 5.73 Å². The number of nitrogens with two attached hydrogens (primary N) is 1. The van der Waals surface area contributed by atoms with Gasteiger partial charge in [0.25, 0.3) is 0 Å². The van der Waals surface area contributed by atoms with Crippen LogP contribution in [0.4, 0.5) is 0 Å². The maximum Gasteiger partial charge on any atom is 0.00952 e. The molecule has 0 aliphatic heterocycles. The van der Waals surface area contributed by atoms with Crippen LogP contribution in [0.2, 0.25) is 0 Å². The van der Waals surface area contributed by atoms with Crippen molar-refractivity contribution in [2.45, 2.75) is 83.6 Å². The molecule has 2 heteroatoms. The maximum absolute atomic E-state index is 5.66. The molecular weight excluding hydrogens is 220 g/mol. The number of nitrogens with zero attached hydrogens (tertiary/aromatic N) is 1. The lowest BCUT2D eigenvalue weighted by atomic mass is 10.1. The van der Waals surface area contributed by atoms with Gasteiger partial charge in [-0.25, -0.2) is 0 Å². The first-order valence-corrected chi connectivity index (χ1v) is 8.32. The van der Waals surface area contributed by atoms with Crippen LogP contribution in [-0.2, 0) is 0 Å². The maximum atomic E-state index is 5.66. The van der Waals surface area contributed by atoms with Crippen molar-refractivity contribution >= 4 is 0 Å². The van der Waals surface area contributed by atoms with Crippen LogP contribution in [0, 0.1) is 0 Å². The average Bonchev–Trinajstić information content (AvgIpc) is 2.91. The van der Waals surface area contributed by atoms with Gasteiger partial charge in [-0.05, 0) is 45.3 Å². The molecule has 1 saturated carbocycles. The molecule has 0 amide bonds. The van der Waals surface area contributed by atoms with Gasteiger partial charge in [-0.3, -0.25) is 0 Å². The van der Waals surface area contributed by atoms with Gasteiger partial charge in [-0.1, -0.05) is 51.9 Å². The molecule has 1 aliphatic rings. The van der Waals surface area contributed by atoms with E-state index in [1.165, 1.54) is 83.7 Å². The highest BCUT2D eigenvalue weighted by Crippen LogP contribution is 2.24. The third-order valence-corrected chi connectivity index (χ3v) is 4.29. The van der Waals surface area contributed by atoms with Crippen molar-refractivity contribution in [1.82, 2.24) is 4.90 Å². The first kappa shape index (κ1) is 16.0. The van der Waals surface area contributed by atoms with Crippen molar-refractivity contribution in [2.24, 2.45) is 5.73 Å². The third kappa shape index (κ3) is 6.75. The first-order chi connectivity index (χ1) is 8.88. The summed E-state index contributed by atoms with van der Waals surface area (Å²) in [5, 5.41) is 0. The normalized spacial score (nSPS) is 16.8. The van der Waals surface area contributed by atoms with E-state index < -0.39 is 0 Å². The van der Waals surface area contributed by atoms with Crippen LogP contribution in [0.1, 0.15) is 77.6 Å². The molecular formula is C16H34N2. The average molecular weight is 254 g/mol. The van der Waals surface area contributed by atoms with Crippen molar-refractivity contribution in [2.75, 3.05) is 19.6 Å². The van der Waals surface area contributed by atoms with Gasteiger partial charge in [0.15, 0.2) is 0 Å². The minimum absolute atomic E-state index is 0.847.